The standard InChI is InChI=1S/C17H23ClN2O2/c1-12(14-5-3-2-4-6-14)20-10-13-7-8-16(15(18)9-13)22-11-17(19)21/h5,7-9,12,20H,2-4,6,10-11H2,1H3,(H2,19,21). The summed E-state index contributed by atoms with van der Waals surface area (Å²) in [6.45, 7) is 2.78. The molecule has 1 unspecified atom stereocenters. The van der Waals surface area contributed by atoms with Crippen molar-refractivity contribution in [3.8, 4) is 5.75 Å². The summed E-state index contributed by atoms with van der Waals surface area (Å²) < 4.78 is 5.24. The molecular formula is C17H23ClN2O2. The second-order valence-corrected chi connectivity index (χ2v) is 6.05. The van der Waals surface area contributed by atoms with E-state index in [4.69, 9.17) is 22.1 Å². The average molecular weight is 323 g/mol. The first-order valence-corrected chi connectivity index (χ1v) is 8.06. The van der Waals surface area contributed by atoms with Crippen molar-refractivity contribution in [3.05, 3.63) is 40.4 Å². The molecule has 0 bridgehead atoms. The van der Waals surface area contributed by atoms with E-state index in [9.17, 15) is 4.79 Å². The van der Waals surface area contributed by atoms with Crippen LogP contribution in [0.3, 0.4) is 0 Å². The van der Waals surface area contributed by atoms with Crippen molar-refractivity contribution in [2.75, 3.05) is 6.61 Å². The lowest BCUT2D eigenvalue weighted by Crippen LogP contribution is -2.28. The van der Waals surface area contributed by atoms with Gasteiger partial charge in [-0.05, 0) is 50.3 Å². The smallest absolute Gasteiger partial charge is 0.255 e. The summed E-state index contributed by atoms with van der Waals surface area (Å²) >= 11 is 6.16. The molecule has 22 heavy (non-hydrogen) atoms. The number of halogens is 1. The van der Waals surface area contributed by atoms with Crippen molar-refractivity contribution in [3.63, 3.8) is 0 Å². The summed E-state index contributed by atoms with van der Waals surface area (Å²) in [5.74, 6) is -0.0383. The van der Waals surface area contributed by atoms with Crippen molar-refractivity contribution >= 4 is 17.5 Å². The summed E-state index contributed by atoms with van der Waals surface area (Å²) in [7, 11) is 0. The topological polar surface area (TPSA) is 64.3 Å². The number of nitrogens with two attached hydrogens (primary N) is 1. The van der Waals surface area contributed by atoms with E-state index in [1.165, 1.54) is 31.3 Å². The summed E-state index contributed by atoms with van der Waals surface area (Å²) in [6.07, 6.45) is 7.33. The van der Waals surface area contributed by atoms with Crippen LogP contribution in [0.15, 0.2) is 29.8 Å². The summed E-state index contributed by atoms with van der Waals surface area (Å²) in [6, 6.07) is 5.95. The van der Waals surface area contributed by atoms with E-state index in [0.29, 0.717) is 16.8 Å². The molecule has 1 aromatic rings. The van der Waals surface area contributed by atoms with Crippen LogP contribution in [0.5, 0.6) is 5.75 Å². The van der Waals surface area contributed by atoms with Crippen LogP contribution in [0.4, 0.5) is 0 Å². The van der Waals surface area contributed by atoms with Gasteiger partial charge in [0.2, 0.25) is 0 Å². The van der Waals surface area contributed by atoms with Gasteiger partial charge in [-0.1, -0.05) is 29.3 Å². The first-order chi connectivity index (χ1) is 10.6. The van der Waals surface area contributed by atoms with E-state index in [0.717, 1.165) is 12.1 Å². The minimum atomic E-state index is -0.517. The van der Waals surface area contributed by atoms with Crippen LogP contribution in [-0.4, -0.2) is 18.6 Å². The first-order valence-electron chi connectivity index (χ1n) is 7.68. The molecule has 0 spiro atoms. The van der Waals surface area contributed by atoms with Gasteiger partial charge >= 0.3 is 0 Å². The minimum absolute atomic E-state index is 0.164. The van der Waals surface area contributed by atoms with E-state index < -0.39 is 5.91 Å². The summed E-state index contributed by atoms with van der Waals surface area (Å²) in [5, 5.41) is 4.01. The van der Waals surface area contributed by atoms with Crippen molar-refractivity contribution in [1.82, 2.24) is 5.32 Å². The number of primary amides is 1. The third-order valence-electron chi connectivity index (χ3n) is 3.86. The van der Waals surface area contributed by atoms with Crippen molar-refractivity contribution < 1.29 is 9.53 Å². The van der Waals surface area contributed by atoms with Crippen molar-refractivity contribution in [2.24, 2.45) is 5.73 Å². The molecule has 0 aromatic heterocycles. The molecule has 1 amide bonds. The highest BCUT2D eigenvalue weighted by atomic mass is 35.5. The molecule has 0 saturated carbocycles. The predicted molar refractivity (Wildman–Crippen MR) is 89.0 cm³/mol. The largest absolute Gasteiger partial charge is 0.482 e. The molecule has 1 aliphatic carbocycles. The third-order valence-corrected chi connectivity index (χ3v) is 4.16. The van der Waals surface area contributed by atoms with E-state index in [1.54, 1.807) is 6.07 Å². The Kier molecular flexibility index (Phi) is 6.28. The van der Waals surface area contributed by atoms with Gasteiger partial charge in [0, 0.05) is 12.6 Å². The maximum atomic E-state index is 10.7. The number of nitrogens with one attached hydrogen (secondary N) is 1. The molecule has 120 valence electrons. The fraction of sp³-hybridized carbons (Fsp3) is 0.471. The molecule has 0 radical (unpaired) electrons. The zero-order valence-corrected chi connectivity index (χ0v) is 13.7. The van der Waals surface area contributed by atoms with Crippen LogP contribution in [-0.2, 0) is 11.3 Å². The lowest BCUT2D eigenvalue weighted by Gasteiger charge is -2.21. The molecule has 0 fully saturated rings. The monoisotopic (exact) mass is 322 g/mol. The molecular weight excluding hydrogens is 300 g/mol. The highest BCUT2D eigenvalue weighted by Crippen LogP contribution is 2.26. The van der Waals surface area contributed by atoms with Crippen LogP contribution in [0.25, 0.3) is 0 Å². The maximum absolute atomic E-state index is 10.7. The zero-order chi connectivity index (χ0) is 15.9. The Morgan fingerprint density at radius 3 is 2.91 bits per heavy atom. The SMILES string of the molecule is CC(NCc1ccc(OCC(N)=O)c(Cl)c1)C1=CCCCC1. The molecule has 1 atom stereocenters. The number of carbonyl (C=O) groups excluding carboxylic acids is 1. The van der Waals surface area contributed by atoms with Gasteiger partial charge in [0.1, 0.15) is 5.75 Å². The third kappa shape index (κ3) is 5.04. The number of carbonyl (C=O) groups is 1. The highest BCUT2D eigenvalue weighted by Gasteiger charge is 2.11. The van der Waals surface area contributed by atoms with Gasteiger partial charge in [0.15, 0.2) is 6.61 Å². The number of ether oxygens (including phenoxy) is 1. The predicted octanol–water partition coefficient (Wildman–Crippen LogP) is 3.18. The number of hydrogen-bond acceptors (Lipinski definition) is 3. The Balaban J connectivity index is 1.89. The Hall–Kier alpha value is -1.52. The van der Waals surface area contributed by atoms with Gasteiger partial charge < -0.3 is 15.8 Å². The van der Waals surface area contributed by atoms with Crippen LogP contribution in [0.2, 0.25) is 5.02 Å². The number of amides is 1. The molecule has 1 aromatic carbocycles. The van der Waals surface area contributed by atoms with Gasteiger partial charge in [0.25, 0.3) is 5.91 Å². The van der Waals surface area contributed by atoms with E-state index >= 15 is 0 Å². The fourth-order valence-corrected chi connectivity index (χ4v) is 2.84. The molecule has 0 aliphatic heterocycles. The van der Waals surface area contributed by atoms with Crippen LogP contribution in [0, 0.1) is 0 Å². The van der Waals surface area contributed by atoms with Crippen LogP contribution < -0.4 is 15.8 Å². The normalized spacial score (nSPS) is 16.0. The van der Waals surface area contributed by atoms with Gasteiger partial charge in [0.05, 0.1) is 5.02 Å². The van der Waals surface area contributed by atoms with Gasteiger partial charge in [-0.3, -0.25) is 4.79 Å². The van der Waals surface area contributed by atoms with Crippen molar-refractivity contribution in [2.45, 2.75) is 45.2 Å². The zero-order valence-electron chi connectivity index (χ0n) is 12.9. The van der Waals surface area contributed by atoms with Crippen LogP contribution >= 0.6 is 11.6 Å². The van der Waals surface area contributed by atoms with E-state index in [2.05, 4.69) is 18.3 Å². The molecule has 0 saturated heterocycles. The fourth-order valence-electron chi connectivity index (χ4n) is 2.58. The molecule has 1 aliphatic rings. The Labute approximate surface area is 136 Å². The van der Waals surface area contributed by atoms with Gasteiger partial charge in [-0.25, -0.2) is 0 Å². The Bertz CT molecular complexity index is 558. The maximum Gasteiger partial charge on any atom is 0.255 e. The quantitative estimate of drug-likeness (QED) is 0.758. The average Bonchev–Trinajstić information content (AvgIpc) is 2.52. The van der Waals surface area contributed by atoms with Gasteiger partial charge in [-0.15, -0.1) is 0 Å². The van der Waals surface area contributed by atoms with Gasteiger partial charge in [-0.2, -0.15) is 0 Å². The second kappa shape index (κ2) is 8.20. The molecule has 4 nitrogen and oxygen atoms in total. The minimum Gasteiger partial charge on any atom is -0.482 e. The van der Waals surface area contributed by atoms with E-state index in [-0.39, 0.29) is 6.61 Å². The number of benzene rings is 1. The lowest BCUT2D eigenvalue weighted by atomic mass is 9.94. The molecule has 0 heterocycles. The molecule has 3 N–H and O–H groups in total. The van der Waals surface area contributed by atoms with E-state index in [1.807, 2.05) is 12.1 Å². The second-order valence-electron chi connectivity index (χ2n) is 5.65. The van der Waals surface area contributed by atoms with Crippen LogP contribution in [0.1, 0.15) is 38.2 Å². The number of allylic oxidation sites excluding steroid dienone is 1. The number of hydrogen-bond donors (Lipinski definition) is 2. The Morgan fingerprint density at radius 2 is 2.27 bits per heavy atom. The summed E-state index contributed by atoms with van der Waals surface area (Å²) in [5.41, 5.74) is 7.63. The highest BCUT2D eigenvalue weighted by molar-refractivity contribution is 6.32. The first kappa shape index (κ1) is 16.8. The lowest BCUT2D eigenvalue weighted by molar-refractivity contribution is -0.119. The Morgan fingerprint density at radius 1 is 1.45 bits per heavy atom. The summed E-state index contributed by atoms with van der Waals surface area (Å²) in [4.78, 5) is 10.7. The molecule has 5 heteroatoms. The van der Waals surface area contributed by atoms with Crippen molar-refractivity contribution in [1.29, 1.82) is 0 Å². The molecule has 2 rings (SSSR count). The number of rotatable bonds is 7.